The van der Waals surface area contributed by atoms with Crippen molar-refractivity contribution in [3.05, 3.63) is 65.2 Å². The molecule has 1 atom stereocenters. The highest BCUT2D eigenvalue weighted by molar-refractivity contribution is 5.92. The lowest BCUT2D eigenvalue weighted by atomic mass is 9.96. The predicted molar refractivity (Wildman–Crippen MR) is 88.7 cm³/mol. The maximum absolute atomic E-state index is 13.0. The van der Waals surface area contributed by atoms with E-state index in [1.54, 1.807) is 0 Å². The lowest BCUT2D eigenvalue weighted by molar-refractivity contribution is -0.137. The van der Waals surface area contributed by atoms with E-state index in [1.807, 2.05) is 37.3 Å². The van der Waals surface area contributed by atoms with E-state index in [0.29, 0.717) is 12.8 Å². The van der Waals surface area contributed by atoms with Crippen molar-refractivity contribution in [2.24, 2.45) is 5.92 Å². The fourth-order valence-electron chi connectivity index (χ4n) is 2.52. The molecule has 0 aliphatic rings. The maximum Gasteiger partial charge on any atom is 0.417 e. The van der Waals surface area contributed by atoms with Crippen LogP contribution in [0.2, 0.25) is 0 Å². The quantitative estimate of drug-likeness (QED) is 0.847. The number of carbonyl (C=O) groups excluding carboxylic acids is 1. The molecule has 2 rings (SSSR count). The van der Waals surface area contributed by atoms with Gasteiger partial charge in [0.25, 0.3) is 0 Å². The number of anilines is 1. The predicted octanol–water partition coefficient (Wildman–Crippen LogP) is 4.78. The van der Waals surface area contributed by atoms with Gasteiger partial charge in [0.2, 0.25) is 5.91 Å². The minimum Gasteiger partial charge on any atom is -0.326 e. The zero-order chi connectivity index (χ0) is 18.4. The number of hydrogen-bond donors (Lipinski definition) is 1. The third-order valence-corrected chi connectivity index (χ3v) is 3.90. The molecular formula is C19H17F3N2O. The standard InChI is InChI=1S/C19H17F3N2O/c1-2-14(10-13-6-4-3-5-7-13)18(25)24-16-9-8-15(12-23)17(11-16)19(20,21)22/h3-9,11,14H,2,10H2,1H3,(H,24,25). The highest BCUT2D eigenvalue weighted by Crippen LogP contribution is 2.33. The number of halogens is 3. The summed E-state index contributed by atoms with van der Waals surface area (Å²) in [6, 6.07) is 14.1. The molecular weight excluding hydrogens is 329 g/mol. The Balaban J connectivity index is 2.17. The number of benzene rings is 2. The van der Waals surface area contributed by atoms with Crippen molar-refractivity contribution >= 4 is 11.6 Å². The number of hydrogen-bond acceptors (Lipinski definition) is 2. The largest absolute Gasteiger partial charge is 0.417 e. The van der Waals surface area contributed by atoms with Crippen LogP contribution in [0.25, 0.3) is 0 Å². The number of alkyl halides is 3. The fraction of sp³-hybridized carbons (Fsp3) is 0.263. The van der Waals surface area contributed by atoms with E-state index in [0.717, 1.165) is 17.7 Å². The fourth-order valence-corrected chi connectivity index (χ4v) is 2.52. The summed E-state index contributed by atoms with van der Waals surface area (Å²) in [5, 5.41) is 11.3. The summed E-state index contributed by atoms with van der Waals surface area (Å²) in [4.78, 5) is 12.4. The minimum absolute atomic E-state index is 0.0304. The summed E-state index contributed by atoms with van der Waals surface area (Å²) in [7, 11) is 0. The normalized spacial score (nSPS) is 12.3. The Labute approximate surface area is 144 Å². The maximum atomic E-state index is 13.0. The first kappa shape index (κ1) is 18.5. The molecule has 6 heteroatoms. The number of nitriles is 1. The lowest BCUT2D eigenvalue weighted by Crippen LogP contribution is -2.24. The first-order valence-corrected chi connectivity index (χ1v) is 7.81. The summed E-state index contributed by atoms with van der Waals surface area (Å²) in [6.45, 7) is 1.85. The third-order valence-electron chi connectivity index (χ3n) is 3.90. The molecule has 0 radical (unpaired) electrons. The molecule has 0 spiro atoms. The van der Waals surface area contributed by atoms with Crippen molar-refractivity contribution < 1.29 is 18.0 Å². The second-order valence-electron chi connectivity index (χ2n) is 5.65. The second-order valence-corrected chi connectivity index (χ2v) is 5.65. The summed E-state index contributed by atoms with van der Waals surface area (Å²) in [5.74, 6) is -0.698. The van der Waals surface area contributed by atoms with E-state index >= 15 is 0 Å². The molecule has 130 valence electrons. The van der Waals surface area contributed by atoms with Gasteiger partial charge in [-0.15, -0.1) is 0 Å². The van der Waals surface area contributed by atoms with Gasteiger partial charge in [-0.2, -0.15) is 18.4 Å². The van der Waals surface area contributed by atoms with Crippen LogP contribution < -0.4 is 5.32 Å². The number of carbonyl (C=O) groups is 1. The van der Waals surface area contributed by atoms with E-state index in [-0.39, 0.29) is 17.5 Å². The van der Waals surface area contributed by atoms with Crippen LogP contribution in [-0.4, -0.2) is 5.91 Å². The molecule has 1 amide bonds. The molecule has 1 N–H and O–H groups in total. The van der Waals surface area contributed by atoms with Gasteiger partial charge in [0.05, 0.1) is 17.2 Å². The van der Waals surface area contributed by atoms with Gasteiger partial charge >= 0.3 is 6.18 Å². The van der Waals surface area contributed by atoms with Crippen LogP contribution in [0.5, 0.6) is 0 Å². The Kier molecular flexibility index (Phi) is 5.81. The summed E-state index contributed by atoms with van der Waals surface area (Å²) >= 11 is 0. The molecule has 0 saturated heterocycles. The SMILES string of the molecule is CCC(Cc1ccccc1)C(=O)Nc1ccc(C#N)c(C(F)(F)F)c1. The van der Waals surface area contributed by atoms with Crippen molar-refractivity contribution in [3.63, 3.8) is 0 Å². The highest BCUT2D eigenvalue weighted by atomic mass is 19.4. The van der Waals surface area contributed by atoms with Gasteiger partial charge in [0, 0.05) is 11.6 Å². The van der Waals surface area contributed by atoms with Crippen molar-refractivity contribution in [3.8, 4) is 6.07 Å². The first-order chi connectivity index (χ1) is 11.8. The van der Waals surface area contributed by atoms with E-state index in [4.69, 9.17) is 5.26 Å². The Morgan fingerprint density at radius 1 is 1.20 bits per heavy atom. The van der Waals surface area contributed by atoms with Crippen LogP contribution in [0.3, 0.4) is 0 Å². The van der Waals surface area contributed by atoms with Crippen molar-refractivity contribution in [2.45, 2.75) is 25.9 Å². The van der Waals surface area contributed by atoms with Crippen molar-refractivity contribution in [1.82, 2.24) is 0 Å². The van der Waals surface area contributed by atoms with Crippen LogP contribution in [-0.2, 0) is 17.4 Å². The van der Waals surface area contributed by atoms with E-state index in [1.165, 1.54) is 12.1 Å². The van der Waals surface area contributed by atoms with Gasteiger partial charge in [-0.25, -0.2) is 0 Å². The Bertz CT molecular complexity index is 779. The van der Waals surface area contributed by atoms with Crippen molar-refractivity contribution in [1.29, 1.82) is 5.26 Å². The first-order valence-electron chi connectivity index (χ1n) is 7.81. The van der Waals surface area contributed by atoms with Crippen LogP contribution >= 0.6 is 0 Å². The van der Waals surface area contributed by atoms with Crippen molar-refractivity contribution in [2.75, 3.05) is 5.32 Å². The summed E-state index contributed by atoms with van der Waals surface area (Å²) in [5.41, 5.74) is -0.506. The van der Waals surface area contributed by atoms with E-state index in [9.17, 15) is 18.0 Å². The van der Waals surface area contributed by atoms with Gasteiger partial charge < -0.3 is 5.32 Å². The number of nitrogens with zero attached hydrogens (tertiary/aromatic N) is 1. The van der Waals surface area contributed by atoms with Crippen LogP contribution in [0.15, 0.2) is 48.5 Å². The average Bonchev–Trinajstić information content (AvgIpc) is 2.59. The molecule has 0 aliphatic carbocycles. The summed E-state index contributed by atoms with van der Waals surface area (Å²) in [6.07, 6.45) is -3.59. The van der Waals surface area contributed by atoms with Gasteiger partial charge in [-0.05, 0) is 36.6 Å². The zero-order valence-electron chi connectivity index (χ0n) is 13.6. The minimum atomic E-state index is -4.65. The molecule has 0 bridgehead atoms. The highest BCUT2D eigenvalue weighted by Gasteiger charge is 2.34. The van der Waals surface area contributed by atoms with Gasteiger partial charge in [0.15, 0.2) is 0 Å². The van der Waals surface area contributed by atoms with E-state index < -0.39 is 17.3 Å². The monoisotopic (exact) mass is 346 g/mol. The average molecular weight is 346 g/mol. The number of nitrogens with one attached hydrogen (secondary N) is 1. The second kappa shape index (κ2) is 7.84. The molecule has 2 aromatic carbocycles. The lowest BCUT2D eigenvalue weighted by Gasteiger charge is -2.16. The van der Waals surface area contributed by atoms with E-state index in [2.05, 4.69) is 5.32 Å². The molecule has 0 aliphatic heterocycles. The van der Waals surface area contributed by atoms with Gasteiger partial charge in [-0.3, -0.25) is 4.79 Å². The van der Waals surface area contributed by atoms with Crippen LogP contribution in [0.1, 0.15) is 30.0 Å². The topological polar surface area (TPSA) is 52.9 Å². The number of amides is 1. The Morgan fingerprint density at radius 2 is 1.88 bits per heavy atom. The smallest absolute Gasteiger partial charge is 0.326 e. The molecule has 0 fully saturated rings. The van der Waals surface area contributed by atoms with Crippen LogP contribution in [0, 0.1) is 17.2 Å². The van der Waals surface area contributed by atoms with Gasteiger partial charge in [0.1, 0.15) is 0 Å². The molecule has 0 heterocycles. The Morgan fingerprint density at radius 3 is 2.44 bits per heavy atom. The zero-order valence-corrected chi connectivity index (χ0v) is 13.6. The molecule has 2 aromatic rings. The Hall–Kier alpha value is -2.81. The molecule has 25 heavy (non-hydrogen) atoms. The third kappa shape index (κ3) is 4.83. The van der Waals surface area contributed by atoms with Gasteiger partial charge in [-0.1, -0.05) is 37.3 Å². The number of rotatable bonds is 5. The molecule has 3 nitrogen and oxygen atoms in total. The van der Waals surface area contributed by atoms with Crippen LogP contribution in [0.4, 0.5) is 18.9 Å². The molecule has 0 saturated carbocycles. The summed E-state index contributed by atoms with van der Waals surface area (Å²) < 4.78 is 39.0. The molecule has 1 unspecified atom stereocenters. The molecule has 0 aromatic heterocycles.